The van der Waals surface area contributed by atoms with Gasteiger partial charge in [0.1, 0.15) is 23.7 Å². The van der Waals surface area contributed by atoms with Crippen LogP contribution >= 0.6 is 0 Å². The number of rotatable bonds is 6. The molecule has 1 aliphatic rings. The van der Waals surface area contributed by atoms with Crippen LogP contribution in [0.25, 0.3) is 11.3 Å². The molecule has 8 heteroatoms. The van der Waals surface area contributed by atoms with Crippen molar-refractivity contribution in [2.24, 2.45) is 5.92 Å². The molecule has 29 heavy (non-hydrogen) atoms. The summed E-state index contributed by atoms with van der Waals surface area (Å²) in [5.41, 5.74) is 1.18. The summed E-state index contributed by atoms with van der Waals surface area (Å²) in [6.07, 6.45) is 2.44. The summed E-state index contributed by atoms with van der Waals surface area (Å²) >= 11 is 0. The number of carbonyl (C=O) groups excluding carboxylic acids is 1. The van der Waals surface area contributed by atoms with Gasteiger partial charge in [-0.25, -0.2) is 19.2 Å². The maximum atomic E-state index is 13.7. The summed E-state index contributed by atoms with van der Waals surface area (Å²) in [6, 6.07) is 6.16. The Kier molecular flexibility index (Phi) is 6.85. The van der Waals surface area contributed by atoms with E-state index in [1.165, 1.54) is 18.5 Å². The SMILES string of the molecule is COc1ccc(F)cc1-c1cc(N2CCN(C(=O)NCCC(C)C)CC2)ncn1. The Labute approximate surface area is 170 Å². The van der Waals surface area contributed by atoms with Crippen LogP contribution in [-0.4, -0.2) is 60.7 Å². The molecular formula is C21H28FN5O2. The lowest BCUT2D eigenvalue weighted by atomic mass is 10.1. The summed E-state index contributed by atoms with van der Waals surface area (Å²) < 4.78 is 19.1. The molecule has 0 unspecified atom stereocenters. The normalized spacial score (nSPS) is 14.2. The second-order valence-electron chi connectivity index (χ2n) is 7.49. The predicted octanol–water partition coefficient (Wildman–Crippen LogP) is 3.17. The molecule has 0 aliphatic carbocycles. The third-order valence-electron chi connectivity index (χ3n) is 4.98. The minimum Gasteiger partial charge on any atom is -0.496 e. The monoisotopic (exact) mass is 401 g/mol. The topological polar surface area (TPSA) is 70.6 Å². The molecule has 3 rings (SSSR count). The highest BCUT2D eigenvalue weighted by molar-refractivity contribution is 5.74. The van der Waals surface area contributed by atoms with E-state index in [2.05, 4.69) is 34.0 Å². The van der Waals surface area contributed by atoms with Crippen molar-refractivity contribution < 1.29 is 13.9 Å². The van der Waals surface area contributed by atoms with Crippen molar-refractivity contribution in [2.75, 3.05) is 44.7 Å². The van der Waals surface area contributed by atoms with Crippen molar-refractivity contribution >= 4 is 11.8 Å². The third-order valence-corrected chi connectivity index (χ3v) is 4.98. The zero-order valence-corrected chi connectivity index (χ0v) is 17.2. The van der Waals surface area contributed by atoms with Gasteiger partial charge in [-0.05, 0) is 30.5 Å². The Morgan fingerprint density at radius 3 is 2.66 bits per heavy atom. The number of amides is 2. The van der Waals surface area contributed by atoms with Crippen molar-refractivity contribution in [3.63, 3.8) is 0 Å². The van der Waals surface area contributed by atoms with Crippen molar-refractivity contribution in [1.82, 2.24) is 20.2 Å². The number of nitrogens with one attached hydrogen (secondary N) is 1. The Morgan fingerprint density at radius 1 is 1.21 bits per heavy atom. The lowest BCUT2D eigenvalue weighted by molar-refractivity contribution is 0.193. The number of piperazine rings is 1. The van der Waals surface area contributed by atoms with Crippen LogP contribution in [0.1, 0.15) is 20.3 Å². The van der Waals surface area contributed by atoms with E-state index in [-0.39, 0.29) is 11.8 Å². The number of urea groups is 1. The molecule has 0 atom stereocenters. The largest absolute Gasteiger partial charge is 0.496 e. The van der Waals surface area contributed by atoms with Gasteiger partial charge < -0.3 is 19.9 Å². The van der Waals surface area contributed by atoms with Crippen LogP contribution in [0.15, 0.2) is 30.6 Å². The molecule has 0 saturated carbocycles. The number of aromatic nitrogens is 2. The summed E-state index contributed by atoms with van der Waals surface area (Å²) in [5.74, 6) is 1.52. The Bertz CT molecular complexity index is 838. The van der Waals surface area contributed by atoms with Gasteiger partial charge in [-0.15, -0.1) is 0 Å². The van der Waals surface area contributed by atoms with Crippen LogP contribution in [-0.2, 0) is 0 Å². The molecule has 156 valence electrons. The molecule has 0 bridgehead atoms. The van der Waals surface area contributed by atoms with Gasteiger partial charge >= 0.3 is 6.03 Å². The fourth-order valence-corrected chi connectivity index (χ4v) is 3.27. The second-order valence-corrected chi connectivity index (χ2v) is 7.49. The first kappa shape index (κ1) is 20.8. The van der Waals surface area contributed by atoms with E-state index < -0.39 is 0 Å². The van der Waals surface area contributed by atoms with Crippen LogP contribution in [0.4, 0.5) is 15.0 Å². The Balaban J connectivity index is 1.64. The molecule has 7 nitrogen and oxygen atoms in total. The molecule has 2 amide bonds. The van der Waals surface area contributed by atoms with Crippen LogP contribution in [0.5, 0.6) is 5.75 Å². The standard InChI is InChI=1S/C21H28FN5O2/c1-15(2)6-7-23-21(28)27-10-8-26(9-11-27)20-13-18(24-14-25-20)17-12-16(22)4-5-19(17)29-3/h4-5,12-15H,6-11H2,1-3H3,(H,23,28). The van der Waals surface area contributed by atoms with E-state index in [1.807, 2.05) is 11.0 Å². The van der Waals surface area contributed by atoms with E-state index in [4.69, 9.17) is 4.74 Å². The molecule has 1 aromatic carbocycles. The summed E-state index contributed by atoms with van der Waals surface area (Å²) in [5, 5.41) is 2.98. The summed E-state index contributed by atoms with van der Waals surface area (Å²) in [4.78, 5) is 24.9. The quantitative estimate of drug-likeness (QED) is 0.805. The van der Waals surface area contributed by atoms with Gasteiger partial charge in [0.15, 0.2) is 0 Å². The maximum Gasteiger partial charge on any atom is 0.317 e. The Morgan fingerprint density at radius 2 is 1.97 bits per heavy atom. The molecule has 0 radical (unpaired) electrons. The van der Waals surface area contributed by atoms with E-state index in [1.54, 1.807) is 13.2 Å². The minimum absolute atomic E-state index is 0.0156. The number of hydrogen-bond acceptors (Lipinski definition) is 5. The number of halogens is 1. The first-order valence-corrected chi connectivity index (χ1v) is 9.91. The number of methoxy groups -OCH3 is 1. The van der Waals surface area contributed by atoms with E-state index in [0.717, 1.165) is 12.2 Å². The number of carbonyl (C=O) groups is 1. The molecule has 0 spiro atoms. The van der Waals surface area contributed by atoms with Crippen LogP contribution in [0, 0.1) is 11.7 Å². The minimum atomic E-state index is -0.349. The van der Waals surface area contributed by atoms with Crippen molar-refractivity contribution in [3.8, 4) is 17.0 Å². The highest BCUT2D eigenvalue weighted by Crippen LogP contribution is 2.30. The molecule has 1 aliphatic heterocycles. The molecule has 2 heterocycles. The smallest absolute Gasteiger partial charge is 0.317 e. The number of ether oxygens (including phenoxy) is 1. The lowest BCUT2D eigenvalue weighted by Gasteiger charge is -2.35. The number of nitrogens with zero attached hydrogens (tertiary/aromatic N) is 4. The second kappa shape index (κ2) is 9.54. The molecule has 1 aromatic heterocycles. The third kappa shape index (κ3) is 5.34. The fraction of sp³-hybridized carbons (Fsp3) is 0.476. The fourth-order valence-electron chi connectivity index (χ4n) is 3.27. The first-order chi connectivity index (χ1) is 14.0. The maximum absolute atomic E-state index is 13.7. The van der Waals surface area contributed by atoms with Crippen LogP contribution < -0.4 is 15.0 Å². The van der Waals surface area contributed by atoms with Crippen LogP contribution in [0.3, 0.4) is 0 Å². The van der Waals surface area contributed by atoms with E-state index in [0.29, 0.717) is 55.6 Å². The molecule has 1 saturated heterocycles. The summed E-state index contributed by atoms with van der Waals surface area (Å²) in [7, 11) is 1.55. The van der Waals surface area contributed by atoms with Gasteiger partial charge in [-0.1, -0.05) is 13.8 Å². The number of benzene rings is 1. The van der Waals surface area contributed by atoms with Crippen molar-refractivity contribution in [3.05, 3.63) is 36.4 Å². The molecule has 2 aromatic rings. The molecular weight excluding hydrogens is 373 g/mol. The van der Waals surface area contributed by atoms with Gasteiger partial charge in [0.25, 0.3) is 0 Å². The Hall–Kier alpha value is -2.90. The predicted molar refractivity (Wildman–Crippen MR) is 111 cm³/mol. The highest BCUT2D eigenvalue weighted by atomic mass is 19.1. The lowest BCUT2D eigenvalue weighted by Crippen LogP contribution is -2.52. The van der Waals surface area contributed by atoms with Crippen molar-refractivity contribution in [2.45, 2.75) is 20.3 Å². The van der Waals surface area contributed by atoms with Crippen molar-refractivity contribution in [1.29, 1.82) is 0 Å². The van der Waals surface area contributed by atoms with E-state index >= 15 is 0 Å². The van der Waals surface area contributed by atoms with Crippen LogP contribution in [0.2, 0.25) is 0 Å². The first-order valence-electron chi connectivity index (χ1n) is 9.91. The zero-order chi connectivity index (χ0) is 20.8. The van der Waals surface area contributed by atoms with Gasteiger partial charge in [0, 0.05) is 44.4 Å². The van der Waals surface area contributed by atoms with Gasteiger partial charge in [0.2, 0.25) is 0 Å². The highest BCUT2D eigenvalue weighted by Gasteiger charge is 2.22. The van der Waals surface area contributed by atoms with Gasteiger partial charge in [-0.3, -0.25) is 0 Å². The van der Waals surface area contributed by atoms with Gasteiger partial charge in [-0.2, -0.15) is 0 Å². The number of hydrogen-bond donors (Lipinski definition) is 1. The van der Waals surface area contributed by atoms with E-state index in [9.17, 15) is 9.18 Å². The summed E-state index contributed by atoms with van der Waals surface area (Å²) in [6.45, 7) is 7.57. The number of anilines is 1. The molecule has 1 N–H and O–H groups in total. The average Bonchev–Trinajstić information content (AvgIpc) is 2.73. The molecule has 1 fully saturated rings. The zero-order valence-electron chi connectivity index (χ0n) is 17.2. The average molecular weight is 401 g/mol. The van der Waals surface area contributed by atoms with Gasteiger partial charge in [0.05, 0.1) is 12.8 Å².